The van der Waals surface area contributed by atoms with E-state index in [2.05, 4.69) is 9.97 Å². The number of nitrogens with one attached hydrogen (secondary N) is 1. The fourth-order valence-corrected chi connectivity index (χ4v) is 3.13. The van der Waals surface area contributed by atoms with Gasteiger partial charge in [-0.2, -0.15) is 0 Å². The second-order valence-electron chi connectivity index (χ2n) is 4.63. The summed E-state index contributed by atoms with van der Waals surface area (Å²) in [6, 6.07) is 12.7. The third kappa shape index (κ3) is 2.90. The Morgan fingerprint density at radius 3 is 2.95 bits per heavy atom. The van der Waals surface area contributed by atoms with E-state index >= 15 is 0 Å². The molecule has 0 aliphatic heterocycles. The summed E-state index contributed by atoms with van der Waals surface area (Å²) >= 11 is 0. The first-order chi connectivity index (χ1) is 10.2. The number of fused-ring (bicyclic) bond motifs is 1. The number of aromatic amines is 1. The Kier molecular flexibility index (Phi) is 3.62. The van der Waals surface area contributed by atoms with Crippen LogP contribution in [0.5, 0.6) is 5.75 Å². The summed E-state index contributed by atoms with van der Waals surface area (Å²) < 4.78 is 17.5. The van der Waals surface area contributed by atoms with E-state index in [0.717, 1.165) is 11.0 Å². The lowest BCUT2D eigenvalue weighted by molar-refractivity contribution is 0.413. The van der Waals surface area contributed by atoms with Crippen molar-refractivity contribution in [3.8, 4) is 5.75 Å². The predicted molar refractivity (Wildman–Crippen MR) is 83.6 cm³/mol. The quantitative estimate of drug-likeness (QED) is 0.725. The molecule has 3 N–H and O–H groups in total. The lowest BCUT2D eigenvalue weighted by Gasteiger charge is -2.03. The predicted octanol–water partition coefficient (Wildman–Crippen LogP) is 2.46. The zero-order valence-corrected chi connectivity index (χ0v) is 12.3. The Hall–Kier alpha value is -2.34. The topological polar surface area (TPSA) is 81.0 Å². The number of hydrogen-bond donors (Lipinski definition) is 2. The molecule has 0 saturated heterocycles. The largest absolute Gasteiger partial charge is 0.497 e. The van der Waals surface area contributed by atoms with Gasteiger partial charge >= 0.3 is 0 Å². The van der Waals surface area contributed by atoms with Gasteiger partial charge in [0.2, 0.25) is 0 Å². The molecule has 21 heavy (non-hydrogen) atoms. The van der Waals surface area contributed by atoms with Crippen LogP contribution in [0.4, 0.5) is 5.69 Å². The zero-order valence-electron chi connectivity index (χ0n) is 11.5. The fraction of sp³-hybridized carbons (Fsp3) is 0.133. The van der Waals surface area contributed by atoms with Crippen LogP contribution in [0, 0.1) is 0 Å². The normalized spacial score (nSPS) is 12.4. The number of methoxy groups -OCH3 is 1. The summed E-state index contributed by atoms with van der Waals surface area (Å²) in [6.07, 6.45) is 0. The first-order valence-electron chi connectivity index (χ1n) is 6.42. The van der Waals surface area contributed by atoms with Crippen LogP contribution in [0.15, 0.2) is 47.4 Å². The van der Waals surface area contributed by atoms with E-state index in [-0.39, 0.29) is 0 Å². The third-order valence-corrected chi connectivity index (χ3v) is 4.44. The van der Waals surface area contributed by atoms with Crippen LogP contribution in [0.3, 0.4) is 0 Å². The number of nitrogens with zero attached hydrogens (tertiary/aromatic N) is 1. The molecule has 6 heteroatoms. The average Bonchev–Trinajstić information content (AvgIpc) is 2.88. The average molecular weight is 301 g/mol. The molecular weight excluding hydrogens is 286 g/mol. The lowest BCUT2D eigenvalue weighted by Crippen LogP contribution is -1.98. The number of hydrogen-bond acceptors (Lipinski definition) is 4. The molecule has 0 fully saturated rings. The maximum atomic E-state index is 12.4. The monoisotopic (exact) mass is 301 g/mol. The molecule has 0 radical (unpaired) electrons. The van der Waals surface area contributed by atoms with Gasteiger partial charge in [-0.1, -0.05) is 6.07 Å². The molecule has 0 amide bonds. The highest BCUT2D eigenvalue weighted by Crippen LogP contribution is 2.19. The molecule has 2 aromatic carbocycles. The van der Waals surface area contributed by atoms with Gasteiger partial charge in [-0.3, -0.25) is 4.21 Å². The SMILES string of the molecule is COc1cccc(S(=O)Cc2nc3ccc(N)cc3[nH]2)c1. The van der Waals surface area contributed by atoms with E-state index in [1.54, 1.807) is 19.2 Å². The molecule has 1 aromatic heterocycles. The van der Waals surface area contributed by atoms with E-state index in [1.807, 2.05) is 30.3 Å². The van der Waals surface area contributed by atoms with Crippen molar-refractivity contribution < 1.29 is 8.95 Å². The maximum Gasteiger partial charge on any atom is 0.120 e. The summed E-state index contributed by atoms with van der Waals surface area (Å²) in [5.41, 5.74) is 8.08. The van der Waals surface area contributed by atoms with Gasteiger partial charge in [0.1, 0.15) is 11.6 Å². The van der Waals surface area contributed by atoms with Crippen molar-refractivity contribution in [2.24, 2.45) is 0 Å². The van der Waals surface area contributed by atoms with Crippen LogP contribution in [-0.2, 0) is 16.6 Å². The first-order valence-corrected chi connectivity index (χ1v) is 7.74. The number of ether oxygens (including phenoxy) is 1. The molecule has 0 saturated carbocycles. The Morgan fingerprint density at radius 2 is 2.14 bits per heavy atom. The minimum Gasteiger partial charge on any atom is -0.497 e. The standard InChI is InChI=1S/C15H15N3O2S/c1-20-11-3-2-4-12(8-11)21(19)9-15-17-13-6-5-10(16)7-14(13)18-15/h2-8H,9,16H2,1H3,(H,17,18). The van der Waals surface area contributed by atoms with E-state index in [4.69, 9.17) is 10.5 Å². The van der Waals surface area contributed by atoms with Crippen molar-refractivity contribution in [2.75, 3.05) is 12.8 Å². The van der Waals surface area contributed by atoms with Gasteiger partial charge in [-0.15, -0.1) is 0 Å². The third-order valence-electron chi connectivity index (χ3n) is 3.13. The number of anilines is 1. The van der Waals surface area contributed by atoms with Crippen molar-refractivity contribution in [1.82, 2.24) is 9.97 Å². The van der Waals surface area contributed by atoms with Gasteiger partial charge in [0.25, 0.3) is 0 Å². The number of H-pyrrole nitrogens is 1. The highest BCUT2D eigenvalue weighted by atomic mass is 32.2. The second-order valence-corrected chi connectivity index (χ2v) is 6.08. The lowest BCUT2D eigenvalue weighted by atomic mass is 10.3. The fourth-order valence-electron chi connectivity index (χ4n) is 2.10. The summed E-state index contributed by atoms with van der Waals surface area (Å²) in [7, 11) is 0.406. The Bertz CT molecular complexity index is 814. The summed E-state index contributed by atoms with van der Waals surface area (Å²) in [4.78, 5) is 8.29. The number of nitrogens with two attached hydrogens (primary N) is 1. The first kappa shape index (κ1) is 13.6. The molecule has 108 valence electrons. The summed E-state index contributed by atoms with van der Waals surface area (Å²) in [5, 5.41) is 0. The molecular formula is C15H15N3O2S. The number of imidazole rings is 1. The van der Waals surface area contributed by atoms with Gasteiger partial charge in [0.05, 0.1) is 34.7 Å². The van der Waals surface area contributed by atoms with Crippen LogP contribution >= 0.6 is 0 Å². The zero-order chi connectivity index (χ0) is 14.8. The van der Waals surface area contributed by atoms with Crippen molar-refractivity contribution in [3.05, 3.63) is 48.3 Å². The van der Waals surface area contributed by atoms with Gasteiger partial charge in [0.15, 0.2) is 0 Å². The Balaban J connectivity index is 1.85. The van der Waals surface area contributed by atoms with E-state index in [0.29, 0.717) is 27.9 Å². The Labute approximate surface area is 124 Å². The van der Waals surface area contributed by atoms with E-state index in [1.165, 1.54) is 0 Å². The molecule has 1 heterocycles. The summed E-state index contributed by atoms with van der Waals surface area (Å²) in [5.74, 6) is 1.69. The van der Waals surface area contributed by atoms with Crippen LogP contribution in [0.25, 0.3) is 11.0 Å². The van der Waals surface area contributed by atoms with Gasteiger partial charge < -0.3 is 15.5 Å². The molecule has 5 nitrogen and oxygen atoms in total. The van der Waals surface area contributed by atoms with Gasteiger partial charge in [-0.25, -0.2) is 4.98 Å². The van der Waals surface area contributed by atoms with Crippen LogP contribution in [0.2, 0.25) is 0 Å². The minimum atomic E-state index is -1.18. The molecule has 0 bridgehead atoms. The number of benzene rings is 2. The highest BCUT2D eigenvalue weighted by Gasteiger charge is 2.10. The number of rotatable bonds is 4. The molecule has 1 atom stereocenters. The van der Waals surface area contributed by atoms with E-state index < -0.39 is 10.8 Å². The molecule has 3 rings (SSSR count). The number of nitrogen functional groups attached to an aromatic ring is 1. The van der Waals surface area contributed by atoms with Crippen molar-refractivity contribution >= 4 is 27.5 Å². The van der Waals surface area contributed by atoms with Gasteiger partial charge in [-0.05, 0) is 36.4 Å². The second kappa shape index (κ2) is 5.57. The van der Waals surface area contributed by atoms with E-state index in [9.17, 15) is 4.21 Å². The molecule has 1 unspecified atom stereocenters. The molecule has 0 aliphatic rings. The van der Waals surface area contributed by atoms with Gasteiger partial charge in [0, 0.05) is 10.6 Å². The van der Waals surface area contributed by atoms with Crippen LogP contribution < -0.4 is 10.5 Å². The van der Waals surface area contributed by atoms with Crippen LogP contribution in [0.1, 0.15) is 5.82 Å². The van der Waals surface area contributed by atoms with Crippen molar-refractivity contribution in [3.63, 3.8) is 0 Å². The molecule has 3 aromatic rings. The molecule has 0 spiro atoms. The smallest absolute Gasteiger partial charge is 0.120 e. The van der Waals surface area contributed by atoms with Crippen molar-refractivity contribution in [2.45, 2.75) is 10.6 Å². The maximum absolute atomic E-state index is 12.4. The minimum absolute atomic E-state index is 0.321. The number of aromatic nitrogens is 2. The van der Waals surface area contributed by atoms with Crippen molar-refractivity contribution in [1.29, 1.82) is 0 Å². The summed E-state index contributed by atoms with van der Waals surface area (Å²) in [6.45, 7) is 0. The van der Waals surface area contributed by atoms with Crippen LogP contribution in [-0.4, -0.2) is 21.3 Å². The highest BCUT2D eigenvalue weighted by molar-refractivity contribution is 7.84. The Morgan fingerprint density at radius 1 is 1.29 bits per heavy atom. The molecule has 0 aliphatic carbocycles.